The van der Waals surface area contributed by atoms with Crippen LogP contribution in [0.2, 0.25) is 0 Å². The van der Waals surface area contributed by atoms with E-state index >= 15 is 0 Å². The average Bonchev–Trinajstić information content (AvgIpc) is 3.20. The van der Waals surface area contributed by atoms with Gasteiger partial charge in [-0.1, -0.05) is 75.1 Å². The van der Waals surface area contributed by atoms with Gasteiger partial charge >= 0.3 is 0 Å². The first kappa shape index (κ1) is 22.6. The first-order valence-electron chi connectivity index (χ1n) is 10.8. The third kappa shape index (κ3) is 3.96. The molecular weight excluding hydrogens is 438 g/mol. The number of aryl methyl sites for hydroxylation is 1. The van der Waals surface area contributed by atoms with E-state index in [0.717, 1.165) is 27.8 Å². The summed E-state index contributed by atoms with van der Waals surface area (Å²) in [6, 6.07) is 10.5. The van der Waals surface area contributed by atoms with E-state index < -0.39 is 5.92 Å². The van der Waals surface area contributed by atoms with Crippen LogP contribution < -0.4 is 10.6 Å². The van der Waals surface area contributed by atoms with Crippen molar-refractivity contribution in [3.63, 3.8) is 0 Å². The number of rotatable bonds is 5. The summed E-state index contributed by atoms with van der Waals surface area (Å²) in [6.07, 6.45) is 2.04. The van der Waals surface area contributed by atoms with Gasteiger partial charge in [-0.25, -0.2) is 0 Å². The Labute approximate surface area is 197 Å². The third-order valence-electron chi connectivity index (χ3n) is 5.96. The average molecular weight is 466 g/mol. The number of nitrogens with two attached hydrogens (primary N) is 1. The molecule has 1 aromatic heterocycles. The van der Waals surface area contributed by atoms with Gasteiger partial charge in [0.2, 0.25) is 5.13 Å². The summed E-state index contributed by atoms with van der Waals surface area (Å²) in [5.41, 5.74) is 10.5. The van der Waals surface area contributed by atoms with Gasteiger partial charge in [-0.05, 0) is 35.1 Å². The second-order valence-electron chi connectivity index (χ2n) is 8.86. The molecule has 166 valence electrons. The highest BCUT2D eigenvalue weighted by Crippen LogP contribution is 2.50. The van der Waals surface area contributed by atoms with Crippen molar-refractivity contribution in [2.75, 3.05) is 10.7 Å². The maximum Gasteiger partial charge on any atom is 0.219 e. The van der Waals surface area contributed by atoms with E-state index in [-0.39, 0.29) is 11.2 Å². The van der Waals surface area contributed by atoms with Crippen LogP contribution in [0.4, 0.5) is 5.13 Å². The van der Waals surface area contributed by atoms with Crippen LogP contribution in [0.15, 0.2) is 51.3 Å². The summed E-state index contributed by atoms with van der Waals surface area (Å²) >= 11 is 3.05. The predicted molar refractivity (Wildman–Crippen MR) is 129 cm³/mol. The molecule has 2 N–H and O–H groups in total. The van der Waals surface area contributed by atoms with Crippen LogP contribution in [0.3, 0.4) is 0 Å². The van der Waals surface area contributed by atoms with Crippen LogP contribution in [-0.2, 0) is 11.2 Å². The van der Waals surface area contributed by atoms with Crippen LogP contribution in [0.5, 0.6) is 0 Å². The molecule has 2 heterocycles. The molecule has 1 aliphatic heterocycles. The molecule has 1 aromatic carbocycles. The molecule has 1 unspecified atom stereocenters. The van der Waals surface area contributed by atoms with E-state index in [0.29, 0.717) is 34.9 Å². The van der Waals surface area contributed by atoms with Crippen molar-refractivity contribution in [3.8, 4) is 6.07 Å². The summed E-state index contributed by atoms with van der Waals surface area (Å²) in [5, 5.41) is 19.4. The first-order valence-corrected chi connectivity index (χ1v) is 12.6. The lowest BCUT2D eigenvalue weighted by molar-refractivity contribution is -0.118. The summed E-state index contributed by atoms with van der Waals surface area (Å²) in [4.78, 5) is 15.3. The number of Topliss-reactive ketones (excluding diaryl/α,β-unsaturated/α-hetero) is 1. The number of allylic oxidation sites excluding steroid dienone is 3. The van der Waals surface area contributed by atoms with Crippen molar-refractivity contribution in [2.24, 2.45) is 11.1 Å². The van der Waals surface area contributed by atoms with E-state index in [1.54, 1.807) is 16.7 Å². The number of thioether (sulfide) groups is 1. The summed E-state index contributed by atoms with van der Waals surface area (Å²) in [6.45, 7) is 8.35. The SMILES string of the molecule is CCSc1nnc(N2C(N)=C(C#N)C(c3ccc(CC)cc3)C3=C2CC(C)(C)CC3=O)s1. The molecule has 1 aliphatic carbocycles. The molecule has 2 aliphatic rings. The van der Waals surface area contributed by atoms with Crippen molar-refractivity contribution >= 4 is 34.0 Å². The molecule has 1 atom stereocenters. The quantitative estimate of drug-likeness (QED) is 0.610. The number of nitriles is 1. The molecule has 32 heavy (non-hydrogen) atoms. The van der Waals surface area contributed by atoms with E-state index in [2.05, 4.69) is 56.1 Å². The number of nitrogens with zero attached hydrogens (tertiary/aromatic N) is 4. The second-order valence-corrected chi connectivity index (χ2v) is 11.3. The van der Waals surface area contributed by atoms with E-state index in [1.165, 1.54) is 16.9 Å². The van der Waals surface area contributed by atoms with E-state index in [1.807, 2.05) is 12.1 Å². The zero-order chi connectivity index (χ0) is 23.0. The molecule has 6 nitrogen and oxygen atoms in total. The molecule has 0 saturated heterocycles. The number of carbonyl (C=O) groups excluding carboxylic acids is 1. The number of hydrogen-bond donors (Lipinski definition) is 1. The lowest BCUT2D eigenvalue weighted by atomic mass is 9.68. The number of aromatic nitrogens is 2. The number of benzene rings is 1. The molecule has 0 radical (unpaired) electrons. The zero-order valence-corrected chi connectivity index (χ0v) is 20.4. The number of anilines is 1. The Morgan fingerprint density at radius 2 is 1.97 bits per heavy atom. The van der Waals surface area contributed by atoms with Crippen molar-refractivity contribution in [3.05, 3.63) is 58.1 Å². The van der Waals surface area contributed by atoms with Crippen LogP contribution in [0.1, 0.15) is 57.6 Å². The maximum absolute atomic E-state index is 13.5. The molecule has 0 saturated carbocycles. The van der Waals surface area contributed by atoms with Crippen molar-refractivity contribution in [1.29, 1.82) is 5.26 Å². The maximum atomic E-state index is 13.5. The Hall–Kier alpha value is -2.63. The van der Waals surface area contributed by atoms with Gasteiger partial charge in [0.15, 0.2) is 10.1 Å². The number of carbonyl (C=O) groups is 1. The van der Waals surface area contributed by atoms with Gasteiger partial charge in [0, 0.05) is 17.7 Å². The molecule has 0 bridgehead atoms. The van der Waals surface area contributed by atoms with Gasteiger partial charge in [0.25, 0.3) is 0 Å². The molecule has 8 heteroatoms. The zero-order valence-electron chi connectivity index (χ0n) is 18.8. The van der Waals surface area contributed by atoms with Gasteiger partial charge < -0.3 is 5.73 Å². The van der Waals surface area contributed by atoms with Gasteiger partial charge in [-0.2, -0.15) is 5.26 Å². The first-order chi connectivity index (χ1) is 15.3. The van der Waals surface area contributed by atoms with Crippen LogP contribution in [0.25, 0.3) is 0 Å². The number of ketones is 1. The normalized spacial score (nSPS) is 20.4. The minimum absolute atomic E-state index is 0.0683. The summed E-state index contributed by atoms with van der Waals surface area (Å²) in [7, 11) is 0. The minimum Gasteiger partial charge on any atom is -0.384 e. The fourth-order valence-corrected chi connectivity index (χ4v) is 6.26. The molecular formula is C24H27N5OS2. The minimum atomic E-state index is -0.460. The highest BCUT2D eigenvalue weighted by atomic mass is 32.2. The topological polar surface area (TPSA) is 95.9 Å². The Morgan fingerprint density at radius 1 is 1.25 bits per heavy atom. The summed E-state index contributed by atoms with van der Waals surface area (Å²) < 4.78 is 0.842. The monoisotopic (exact) mass is 465 g/mol. The third-order valence-corrected chi connectivity index (χ3v) is 7.88. The highest BCUT2D eigenvalue weighted by molar-refractivity contribution is 8.01. The molecule has 4 rings (SSSR count). The Bertz CT molecular complexity index is 1150. The predicted octanol–water partition coefficient (Wildman–Crippen LogP) is 5.15. The fourth-order valence-electron chi connectivity index (χ4n) is 4.48. The van der Waals surface area contributed by atoms with Gasteiger partial charge in [0.1, 0.15) is 5.82 Å². The fraction of sp³-hybridized carbons (Fsp3) is 0.417. The van der Waals surface area contributed by atoms with Gasteiger partial charge in [-0.3, -0.25) is 9.69 Å². The van der Waals surface area contributed by atoms with Crippen molar-refractivity contribution < 1.29 is 4.79 Å². The van der Waals surface area contributed by atoms with Gasteiger partial charge in [-0.15, -0.1) is 10.2 Å². The lowest BCUT2D eigenvalue weighted by Crippen LogP contribution is -2.42. The second kappa shape index (κ2) is 8.72. The largest absolute Gasteiger partial charge is 0.384 e. The Balaban J connectivity index is 1.92. The van der Waals surface area contributed by atoms with E-state index in [9.17, 15) is 10.1 Å². The number of hydrogen-bond acceptors (Lipinski definition) is 8. The summed E-state index contributed by atoms with van der Waals surface area (Å²) in [5.74, 6) is 0.834. The van der Waals surface area contributed by atoms with Gasteiger partial charge in [0.05, 0.1) is 17.6 Å². The highest BCUT2D eigenvalue weighted by Gasteiger charge is 2.45. The molecule has 2 aromatic rings. The van der Waals surface area contributed by atoms with Crippen LogP contribution in [-0.4, -0.2) is 21.7 Å². The standard InChI is InChI=1S/C24H27N5OS2/c1-5-14-7-9-15(10-8-14)19-16(13-25)21(26)29(22-27-28-23(32-22)31-6-2)17-11-24(3,4)12-18(30)20(17)19/h7-10,19H,5-6,11-12,26H2,1-4H3. The Kier molecular flexibility index (Phi) is 6.15. The molecule has 0 fully saturated rings. The van der Waals surface area contributed by atoms with Crippen molar-refractivity contribution in [1.82, 2.24) is 10.2 Å². The smallest absolute Gasteiger partial charge is 0.219 e. The molecule has 0 amide bonds. The lowest BCUT2D eigenvalue weighted by Gasteiger charge is -2.42. The van der Waals surface area contributed by atoms with E-state index in [4.69, 9.17) is 5.73 Å². The van der Waals surface area contributed by atoms with Crippen LogP contribution >= 0.6 is 23.1 Å². The van der Waals surface area contributed by atoms with Crippen LogP contribution in [0, 0.1) is 16.7 Å². The van der Waals surface area contributed by atoms with Crippen molar-refractivity contribution in [2.45, 2.75) is 57.2 Å². The molecule has 0 spiro atoms. The Morgan fingerprint density at radius 3 is 2.59 bits per heavy atom.